The van der Waals surface area contributed by atoms with Crippen LogP contribution in [0.1, 0.15) is 24.8 Å². The van der Waals surface area contributed by atoms with Gasteiger partial charge in [0.1, 0.15) is 4.75 Å². The maximum absolute atomic E-state index is 11.3. The van der Waals surface area contributed by atoms with Gasteiger partial charge in [-0.2, -0.15) is 0 Å². The number of thioether (sulfide) groups is 1. The Bertz CT molecular complexity index is 427. The average Bonchev–Trinajstić information content (AvgIpc) is 2.16. The standard InChI is InChI=1S/C12H13BrO2S/c1-8-3-4-9(13)7-10(8)16-12(11(14)15)5-2-6-12/h3-4,7H,2,5-6H2,1H3,(H,14,15). The quantitative estimate of drug-likeness (QED) is 0.921. The first-order valence-electron chi connectivity index (χ1n) is 5.22. The lowest BCUT2D eigenvalue weighted by Gasteiger charge is -2.37. The first kappa shape index (κ1) is 12.0. The summed E-state index contributed by atoms with van der Waals surface area (Å²) in [6.45, 7) is 2.02. The van der Waals surface area contributed by atoms with E-state index < -0.39 is 10.7 Å². The zero-order valence-corrected chi connectivity index (χ0v) is 11.4. The lowest BCUT2D eigenvalue weighted by molar-refractivity contribution is -0.142. The molecule has 1 fully saturated rings. The van der Waals surface area contributed by atoms with Crippen molar-refractivity contribution in [2.45, 2.75) is 35.8 Å². The van der Waals surface area contributed by atoms with Crippen molar-refractivity contribution in [3.8, 4) is 0 Å². The predicted octanol–water partition coefficient (Wildman–Crippen LogP) is 3.86. The molecule has 0 atom stereocenters. The fraction of sp³-hybridized carbons (Fsp3) is 0.417. The van der Waals surface area contributed by atoms with Crippen LogP contribution in [0.5, 0.6) is 0 Å². The van der Waals surface area contributed by atoms with Gasteiger partial charge in [0.05, 0.1) is 0 Å². The molecule has 0 spiro atoms. The smallest absolute Gasteiger partial charge is 0.320 e. The molecule has 16 heavy (non-hydrogen) atoms. The predicted molar refractivity (Wildman–Crippen MR) is 69.0 cm³/mol. The van der Waals surface area contributed by atoms with Gasteiger partial charge < -0.3 is 5.11 Å². The molecule has 4 heteroatoms. The number of aryl methyl sites for hydroxylation is 1. The number of carboxylic acid groups (broad SMARTS) is 1. The molecule has 86 valence electrons. The highest BCUT2D eigenvalue weighted by atomic mass is 79.9. The van der Waals surface area contributed by atoms with Crippen LogP contribution in [0.4, 0.5) is 0 Å². The van der Waals surface area contributed by atoms with Crippen molar-refractivity contribution in [1.29, 1.82) is 0 Å². The van der Waals surface area contributed by atoms with Gasteiger partial charge in [-0.25, -0.2) is 0 Å². The summed E-state index contributed by atoms with van der Waals surface area (Å²) in [5, 5.41) is 9.27. The third-order valence-electron chi connectivity index (χ3n) is 3.01. The minimum Gasteiger partial charge on any atom is -0.480 e. The molecule has 0 radical (unpaired) electrons. The first-order valence-corrected chi connectivity index (χ1v) is 6.83. The molecule has 1 aliphatic rings. The Morgan fingerprint density at radius 1 is 1.50 bits per heavy atom. The molecule has 0 saturated heterocycles. The van der Waals surface area contributed by atoms with Gasteiger partial charge in [-0.15, -0.1) is 11.8 Å². The molecule has 0 aliphatic heterocycles. The fourth-order valence-electron chi connectivity index (χ4n) is 1.75. The Hall–Kier alpha value is -0.480. The van der Waals surface area contributed by atoms with E-state index in [4.69, 9.17) is 0 Å². The molecule has 0 bridgehead atoms. The molecule has 0 unspecified atom stereocenters. The van der Waals surface area contributed by atoms with Crippen LogP contribution in [0, 0.1) is 6.92 Å². The van der Waals surface area contributed by atoms with Crippen LogP contribution in [0.3, 0.4) is 0 Å². The molecule has 0 aromatic heterocycles. The summed E-state index contributed by atoms with van der Waals surface area (Å²) in [5.74, 6) is -0.678. The van der Waals surface area contributed by atoms with E-state index in [1.54, 1.807) is 0 Å². The highest BCUT2D eigenvalue weighted by Crippen LogP contribution is 2.48. The Morgan fingerprint density at radius 3 is 2.69 bits per heavy atom. The second-order valence-corrected chi connectivity index (χ2v) is 6.51. The topological polar surface area (TPSA) is 37.3 Å². The van der Waals surface area contributed by atoms with Crippen LogP contribution in [0.25, 0.3) is 0 Å². The summed E-state index contributed by atoms with van der Waals surface area (Å²) in [4.78, 5) is 12.3. The summed E-state index contributed by atoms with van der Waals surface area (Å²) < 4.78 is 0.423. The number of benzene rings is 1. The Balaban J connectivity index is 2.26. The minimum atomic E-state index is -0.678. The van der Waals surface area contributed by atoms with Crippen LogP contribution in [0.2, 0.25) is 0 Å². The molecule has 1 saturated carbocycles. The highest BCUT2D eigenvalue weighted by molar-refractivity contribution is 9.10. The van der Waals surface area contributed by atoms with E-state index in [0.29, 0.717) is 0 Å². The van der Waals surface area contributed by atoms with Crippen molar-refractivity contribution < 1.29 is 9.90 Å². The molecule has 1 N–H and O–H groups in total. The van der Waals surface area contributed by atoms with E-state index in [1.165, 1.54) is 11.8 Å². The van der Waals surface area contributed by atoms with E-state index in [9.17, 15) is 9.90 Å². The Kier molecular flexibility index (Phi) is 3.31. The normalized spacial score (nSPS) is 17.9. The number of aliphatic carboxylic acids is 1. The summed E-state index contributed by atoms with van der Waals surface area (Å²) in [6, 6.07) is 6.00. The van der Waals surface area contributed by atoms with Crippen molar-refractivity contribution in [3.63, 3.8) is 0 Å². The lowest BCUT2D eigenvalue weighted by atomic mass is 9.84. The molecule has 1 aliphatic carbocycles. The molecule has 1 aromatic rings. The zero-order chi connectivity index (χ0) is 11.8. The number of hydrogen-bond donors (Lipinski definition) is 1. The number of halogens is 1. The van der Waals surface area contributed by atoms with E-state index in [-0.39, 0.29) is 0 Å². The van der Waals surface area contributed by atoms with Crippen molar-refractivity contribution in [2.24, 2.45) is 0 Å². The van der Waals surface area contributed by atoms with Gasteiger partial charge in [-0.05, 0) is 43.9 Å². The van der Waals surface area contributed by atoms with Crippen molar-refractivity contribution >= 4 is 33.7 Å². The second kappa shape index (κ2) is 4.41. The van der Waals surface area contributed by atoms with Crippen molar-refractivity contribution in [3.05, 3.63) is 28.2 Å². The Morgan fingerprint density at radius 2 is 2.19 bits per heavy atom. The van der Waals surface area contributed by atoms with Crippen LogP contribution >= 0.6 is 27.7 Å². The molecular formula is C12H13BrO2S. The van der Waals surface area contributed by atoms with E-state index in [0.717, 1.165) is 34.2 Å². The molecule has 0 amide bonds. The third-order valence-corrected chi connectivity index (χ3v) is 5.13. The van der Waals surface area contributed by atoms with E-state index in [1.807, 2.05) is 25.1 Å². The largest absolute Gasteiger partial charge is 0.480 e. The number of hydrogen-bond acceptors (Lipinski definition) is 2. The minimum absolute atomic E-state index is 0.578. The van der Waals surface area contributed by atoms with Gasteiger partial charge in [-0.1, -0.05) is 22.0 Å². The van der Waals surface area contributed by atoms with Gasteiger partial charge in [0, 0.05) is 9.37 Å². The molecular weight excluding hydrogens is 288 g/mol. The first-order chi connectivity index (χ1) is 7.53. The zero-order valence-electron chi connectivity index (χ0n) is 9.00. The Labute approximate surface area is 108 Å². The summed E-state index contributed by atoms with van der Waals surface area (Å²) in [7, 11) is 0. The molecule has 2 nitrogen and oxygen atoms in total. The maximum atomic E-state index is 11.3. The third kappa shape index (κ3) is 2.13. The van der Waals surface area contributed by atoms with Crippen molar-refractivity contribution in [2.75, 3.05) is 0 Å². The average molecular weight is 301 g/mol. The van der Waals surface area contributed by atoms with Gasteiger partial charge in [-0.3, -0.25) is 4.79 Å². The van der Waals surface area contributed by atoms with Crippen LogP contribution in [-0.2, 0) is 4.79 Å². The van der Waals surface area contributed by atoms with E-state index >= 15 is 0 Å². The van der Waals surface area contributed by atoms with Gasteiger partial charge in [0.15, 0.2) is 0 Å². The van der Waals surface area contributed by atoms with Crippen molar-refractivity contribution in [1.82, 2.24) is 0 Å². The fourth-order valence-corrected chi connectivity index (χ4v) is 3.68. The van der Waals surface area contributed by atoms with E-state index in [2.05, 4.69) is 15.9 Å². The number of carboxylic acids is 1. The van der Waals surface area contributed by atoms with Crippen LogP contribution < -0.4 is 0 Å². The lowest BCUT2D eigenvalue weighted by Crippen LogP contribution is -2.41. The van der Waals surface area contributed by atoms with Gasteiger partial charge in [0.2, 0.25) is 0 Å². The monoisotopic (exact) mass is 300 g/mol. The maximum Gasteiger partial charge on any atom is 0.320 e. The van der Waals surface area contributed by atoms with Gasteiger partial charge >= 0.3 is 5.97 Å². The SMILES string of the molecule is Cc1ccc(Br)cc1SC1(C(=O)O)CCC1. The van der Waals surface area contributed by atoms with Crippen LogP contribution in [-0.4, -0.2) is 15.8 Å². The number of carbonyl (C=O) groups is 1. The highest BCUT2D eigenvalue weighted by Gasteiger charge is 2.45. The van der Waals surface area contributed by atoms with Crippen LogP contribution in [0.15, 0.2) is 27.6 Å². The number of rotatable bonds is 3. The molecule has 1 aromatic carbocycles. The summed E-state index contributed by atoms with van der Waals surface area (Å²) in [5.41, 5.74) is 1.14. The summed E-state index contributed by atoms with van der Waals surface area (Å²) in [6.07, 6.45) is 2.57. The van der Waals surface area contributed by atoms with Gasteiger partial charge in [0.25, 0.3) is 0 Å². The molecule has 2 rings (SSSR count). The second-order valence-electron chi connectivity index (χ2n) is 4.16. The molecule has 0 heterocycles. The summed E-state index contributed by atoms with van der Waals surface area (Å²) >= 11 is 4.92.